The molecule has 0 atom stereocenters. The van der Waals surface area contributed by atoms with Gasteiger partial charge in [0, 0.05) is 6.42 Å². The van der Waals surface area contributed by atoms with Crippen molar-refractivity contribution in [3.63, 3.8) is 0 Å². The molecule has 0 aliphatic rings. The minimum absolute atomic E-state index is 0.00309. The number of ether oxygens (including phenoxy) is 1. The number of hydrogen-bond donors (Lipinski definition) is 0. The molecule has 98 valence electrons. The molecule has 0 aliphatic heterocycles. The number of benzene rings is 1. The number of unbranched alkanes of at least 4 members (excludes halogenated alkanes) is 1. The first-order chi connectivity index (χ1) is 8.65. The third-order valence-electron chi connectivity index (χ3n) is 2.49. The van der Waals surface area contributed by atoms with E-state index in [1.54, 1.807) is 6.07 Å². The van der Waals surface area contributed by atoms with Crippen molar-refractivity contribution < 1.29 is 18.7 Å². The van der Waals surface area contributed by atoms with Crippen LogP contribution in [0, 0.1) is 5.82 Å². The summed E-state index contributed by atoms with van der Waals surface area (Å²) in [6.07, 6.45) is 1.73. The number of carbonyl (C=O) groups excluding carboxylic acids is 2. The van der Waals surface area contributed by atoms with Crippen LogP contribution in [0.15, 0.2) is 24.3 Å². The van der Waals surface area contributed by atoms with Crippen molar-refractivity contribution in [2.24, 2.45) is 0 Å². The topological polar surface area (TPSA) is 43.4 Å². The summed E-state index contributed by atoms with van der Waals surface area (Å²) < 4.78 is 18.2. The lowest BCUT2D eigenvalue weighted by Crippen LogP contribution is -2.09. The van der Waals surface area contributed by atoms with Crippen molar-refractivity contribution >= 4 is 11.8 Å². The van der Waals surface area contributed by atoms with Crippen LogP contribution >= 0.6 is 0 Å². The number of hydrogen-bond acceptors (Lipinski definition) is 3. The Bertz CT molecular complexity index is 415. The van der Waals surface area contributed by atoms with Gasteiger partial charge in [-0.3, -0.25) is 9.59 Å². The lowest BCUT2D eigenvalue weighted by Gasteiger charge is -2.04. The largest absolute Gasteiger partial charge is 0.466 e. The Labute approximate surface area is 106 Å². The molecule has 0 aliphatic carbocycles. The molecule has 0 N–H and O–H groups in total. The van der Waals surface area contributed by atoms with Crippen LogP contribution in [-0.2, 0) is 9.53 Å². The first kappa shape index (κ1) is 14.4. The summed E-state index contributed by atoms with van der Waals surface area (Å²) in [5.41, 5.74) is 0.0267. The van der Waals surface area contributed by atoms with Crippen molar-refractivity contribution in [3.05, 3.63) is 35.6 Å². The lowest BCUT2D eigenvalue weighted by atomic mass is 10.1. The number of carbonyl (C=O) groups is 2. The molecule has 0 aromatic heterocycles. The summed E-state index contributed by atoms with van der Waals surface area (Å²) in [5.74, 6) is -1.34. The summed E-state index contributed by atoms with van der Waals surface area (Å²) >= 11 is 0. The maximum atomic E-state index is 13.3. The monoisotopic (exact) mass is 252 g/mol. The van der Waals surface area contributed by atoms with Crippen LogP contribution in [0.2, 0.25) is 0 Å². The first-order valence-electron chi connectivity index (χ1n) is 6.08. The second kappa shape index (κ2) is 7.58. The summed E-state index contributed by atoms with van der Waals surface area (Å²) in [6.45, 7) is 2.37. The third kappa shape index (κ3) is 4.65. The molecular weight excluding hydrogens is 235 g/mol. The van der Waals surface area contributed by atoms with Crippen LogP contribution in [-0.4, -0.2) is 18.4 Å². The van der Waals surface area contributed by atoms with E-state index in [9.17, 15) is 14.0 Å². The Morgan fingerprint density at radius 2 is 1.94 bits per heavy atom. The van der Waals surface area contributed by atoms with Gasteiger partial charge in [-0.2, -0.15) is 0 Å². The highest BCUT2D eigenvalue weighted by atomic mass is 19.1. The number of halogens is 1. The molecule has 0 unspecified atom stereocenters. The van der Waals surface area contributed by atoms with Crippen LogP contribution in [0.3, 0.4) is 0 Å². The molecule has 0 spiro atoms. The van der Waals surface area contributed by atoms with Crippen LogP contribution in [0.5, 0.6) is 0 Å². The zero-order valence-corrected chi connectivity index (χ0v) is 10.4. The van der Waals surface area contributed by atoms with E-state index in [4.69, 9.17) is 4.74 Å². The highest BCUT2D eigenvalue weighted by Gasteiger charge is 2.13. The van der Waals surface area contributed by atoms with Gasteiger partial charge in [0.2, 0.25) is 0 Å². The molecule has 0 bridgehead atoms. The average Bonchev–Trinajstić information content (AvgIpc) is 2.37. The lowest BCUT2D eigenvalue weighted by molar-refractivity contribution is -0.143. The van der Waals surface area contributed by atoms with Gasteiger partial charge in [-0.1, -0.05) is 25.5 Å². The molecule has 1 aromatic carbocycles. The Morgan fingerprint density at radius 3 is 2.61 bits per heavy atom. The smallest absolute Gasteiger partial charge is 0.306 e. The molecule has 1 rings (SSSR count). The fourth-order valence-corrected chi connectivity index (χ4v) is 1.44. The molecule has 18 heavy (non-hydrogen) atoms. The van der Waals surface area contributed by atoms with Gasteiger partial charge in [-0.15, -0.1) is 0 Å². The Balaban J connectivity index is 2.38. The fourth-order valence-electron chi connectivity index (χ4n) is 1.44. The van der Waals surface area contributed by atoms with Crippen molar-refractivity contribution in [2.45, 2.75) is 32.6 Å². The maximum absolute atomic E-state index is 13.3. The second-order valence-electron chi connectivity index (χ2n) is 3.98. The summed E-state index contributed by atoms with van der Waals surface area (Å²) in [4.78, 5) is 22.9. The minimum Gasteiger partial charge on any atom is -0.466 e. The summed E-state index contributed by atoms with van der Waals surface area (Å²) in [7, 11) is 0. The molecule has 0 saturated heterocycles. The fraction of sp³-hybridized carbons (Fsp3) is 0.429. The number of esters is 1. The third-order valence-corrected chi connectivity index (χ3v) is 2.49. The standard InChI is InChI=1S/C14H17FO3/c1-2-3-10-18-14(17)9-8-13(16)11-6-4-5-7-12(11)15/h4-7H,2-3,8-10H2,1H3. The first-order valence-corrected chi connectivity index (χ1v) is 6.08. The zero-order chi connectivity index (χ0) is 13.4. The highest BCUT2D eigenvalue weighted by Crippen LogP contribution is 2.10. The van der Waals surface area contributed by atoms with Gasteiger partial charge in [0.15, 0.2) is 5.78 Å². The number of Topliss-reactive ketones (excluding diaryl/α,β-unsaturated/α-hetero) is 1. The predicted molar refractivity (Wildman–Crippen MR) is 65.8 cm³/mol. The molecule has 0 saturated carbocycles. The molecule has 0 fully saturated rings. The Kier molecular flexibility index (Phi) is 6.05. The van der Waals surface area contributed by atoms with Crippen molar-refractivity contribution in [3.8, 4) is 0 Å². The molecule has 4 heteroatoms. The normalized spacial score (nSPS) is 10.1. The number of ketones is 1. The SMILES string of the molecule is CCCCOC(=O)CCC(=O)c1ccccc1F. The van der Waals surface area contributed by atoms with E-state index in [0.717, 1.165) is 12.8 Å². The maximum Gasteiger partial charge on any atom is 0.306 e. The number of rotatable bonds is 7. The van der Waals surface area contributed by atoms with Gasteiger partial charge in [-0.05, 0) is 18.6 Å². The molecule has 0 amide bonds. The van der Waals surface area contributed by atoms with Crippen molar-refractivity contribution in [1.82, 2.24) is 0 Å². The summed E-state index contributed by atoms with van der Waals surface area (Å²) in [6, 6.07) is 5.76. The summed E-state index contributed by atoms with van der Waals surface area (Å²) in [5, 5.41) is 0. The van der Waals surface area contributed by atoms with E-state index in [1.807, 2.05) is 6.92 Å². The average molecular weight is 252 g/mol. The predicted octanol–water partition coefficient (Wildman–Crippen LogP) is 3.13. The minimum atomic E-state index is -0.554. The zero-order valence-electron chi connectivity index (χ0n) is 10.4. The molecule has 1 aromatic rings. The van der Waals surface area contributed by atoms with Gasteiger partial charge in [-0.25, -0.2) is 4.39 Å². The molecule has 3 nitrogen and oxygen atoms in total. The molecular formula is C14H17FO3. The van der Waals surface area contributed by atoms with Gasteiger partial charge >= 0.3 is 5.97 Å². The van der Waals surface area contributed by atoms with E-state index < -0.39 is 11.8 Å². The quantitative estimate of drug-likeness (QED) is 0.425. The van der Waals surface area contributed by atoms with E-state index in [2.05, 4.69) is 0 Å². The van der Waals surface area contributed by atoms with E-state index in [0.29, 0.717) is 6.61 Å². The van der Waals surface area contributed by atoms with Gasteiger partial charge in [0.05, 0.1) is 18.6 Å². The van der Waals surface area contributed by atoms with Crippen molar-refractivity contribution in [2.75, 3.05) is 6.61 Å². The van der Waals surface area contributed by atoms with Gasteiger partial charge in [0.1, 0.15) is 5.82 Å². The van der Waals surface area contributed by atoms with E-state index in [1.165, 1.54) is 18.2 Å². The molecule has 0 radical (unpaired) electrons. The Hall–Kier alpha value is -1.71. The van der Waals surface area contributed by atoms with E-state index in [-0.39, 0.29) is 24.2 Å². The van der Waals surface area contributed by atoms with E-state index >= 15 is 0 Å². The van der Waals surface area contributed by atoms with Crippen LogP contribution in [0.1, 0.15) is 43.0 Å². The van der Waals surface area contributed by atoms with Crippen LogP contribution < -0.4 is 0 Å². The van der Waals surface area contributed by atoms with Gasteiger partial charge in [0.25, 0.3) is 0 Å². The van der Waals surface area contributed by atoms with Crippen LogP contribution in [0.25, 0.3) is 0 Å². The second-order valence-corrected chi connectivity index (χ2v) is 3.98. The Morgan fingerprint density at radius 1 is 1.22 bits per heavy atom. The van der Waals surface area contributed by atoms with Crippen molar-refractivity contribution in [1.29, 1.82) is 0 Å². The van der Waals surface area contributed by atoms with Gasteiger partial charge < -0.3 is 4.74 Å². The highest BCUT2D eigenvalue weighted by molar-refractivity contribution is 5.97. The van der Waals surface area contributed by atoms with Crippen LogP contribution in [0.4, 0.5) is 4.39 Å². The molecule has 0 heterocycles.